The van der Waals surface area contributed by atoms with Crippen molar-refractivity contribution in [1.82, 2.24) is 20.8 Å². The number of benzene rings is 1. The zero-order valence-corrected chi connectivity index (χ0v) is 10.6. The minimum absolute atomic E-state index is 0.159. The van der Waals surface area contributed by atoms with E-state index >= 15 is 0 Å². The van der Waals surface area contributed by atoms with Crippen molar-refractivity contribution in [3.8, 4) is 11.4 Å². The van der Waals surface area contributed by atoms with Crippen molar-refractivity contribution in [2.24, 2.45) is 0 Å². The van der Waals surface area contributed by atoms with Crippen LogP contribution in [0, 0.1) is 5.82 Å². The lowest BCUT2D eigenvalue weighted by molar-refractivity contribution is 0.238. The third-order valence-electron chi connectivity index (χ3n) is 2.88. The van der Waals surface area contributed by atoms with E-state index in [0.717, 1.165) is 12.8 Å². The summed E-state index contributed by atoms with van der Waals surface area (Å²) in [5.41, 5.74) is 0.656. The maximum Gasteiger partial charge on any atom is 0.315 e. The molecule has 0 atom stereocenters. The summed E-state index contributed by atoms with van der Waals surface area (Å²) in [6, 6.07) is 5.84. The predicted octanol–water partition coefficient (Wildman–Crippen LogP) is 1.84. The Balaban J connectivity index is 1.58. The Morgan fingerprint density at radius 3 is 2.80 bits per heavy atom. The van der Waals surface area contributed by atoms with Gasteiger partial charge in [0.15, 0.2) is 0 Å². The number of aromatic nitrogens is 2. The van der Waals surface area contributed by atoms with Crippen LogP contribution in [0.1, 0.15) is 18.7 Å². The van der Waals surface area contributed by atoms with Crippen LogP contribution in [0.4, 0.5) is 9.18 Å². The third-order valence-corrected chi connectivity index (χ3v) is 2.88. The maximum atomic E-state index is 12.8. The van der Waals surface area contributed by atoms with E-state index in [9.17, 15) is 9.18 Å². The highest BCUT2D eigenvalue weighted by Gasteiger charge is 2.23. The van der Waals surface area contributed by atoms with Gasteiger partial charge in [-0.1, -0.05) is 5.16 Å². The molecule has 7 heteroatoms. The molecule has 0 unspecified atom stereocenters. The largest absolute Gasteiger partial charge is 0.337 e. The van der Waals surface area contributed by atoms with Crippen LogP contribution in [0.15, 0.2) is 28.8 Å². The van der Waals surface area contributed by atoms with Crippen LogP contribution < -0.4 is 10.6 Å². The lowest BCUT2D eigenvalue weighted by Crippen LogP contribution is -2.36. The van der Waals surface area contributed by atoms with Gasteiger partial charge in [0, 0.05) is 11.6 Å². The van der Waals surface area contributed by atoms with Gasteiger partial charge in [0.05, 0.1) is 6.54 Å². The molecule has 1 saturated carbocycles. The Labute approximate surface area is 114 Å². The summed E-state index contributed by atoms with van der Waals surface area (Å²) < 4.78 is 17.8. The van der Waals surface area contributed by atoms with Gasteiger partial charge in [-0.3, -0.25) is 0 Å². The first kappa shape index (κ1) is 12.6. The van der Waals surface area contributed by atoms with Crippen LogP contribution >= 0.6 is 0 Å². The van der Waals surface area contributed by atoms with Gasteiger partial charge in [0.1, 0.15) is 5.82 Å². The van der Waals surface area contributed by atoms with Crippen LogP contribution in [0.25, 0.3) is 11.4 Å². The highest BCUT2D eigenvalue weighted by molar-refractivity contribution is 5.74. The first-order chi connectivity index (χ1) is 9.70. The molecule has 1 aromatic heterocycles. The Morgan fingerprint density at radius 2 is 2.10 bits per heavy atom. The number of hydrogen-bond donors (Lipinski definition) is 2. The van der Waals surface area contributed by atoms with E-state index in [2.05, 4.69) is 20.8 Å². The molecule has 2 N–H and O–H groups in total. The lowest BCUT2D eigenvalue weighted by Gasteiger charge is -2.02. The van der Waals surface area contributed by atoms with Crippen molar-refractivity contribution < 1.29 is 13.7 Å². The van der Waals surface area contributed by atoms with E-state index in [0.29, 0.717) is 23.3 Å². The summed E-state index contributed by atoms with van der Waals surface area (Å²) in [6.07, 6.45) is 2.06. The standard InChI is InChI=1S/C13H13FN4O2/c14-9-3-1-8(2-4-9)12-17-11(20-18-12)7-15-13(19)16-10-5-6-10/h1-4,10H,5-7H2,(H2,15,16,19). The molecule has 1 fully saturated rings. The van der Waals surface area contributed by atoms with E-state index < -0.39 is 0 Å². The number of nitrogens with one attached hydrogen (secondary N) is 2. The molecular formula is C13H13FN4O2. The molecule has 0 bridgehead atoms. The van der Waals surface area contributed by atoms with Gasteiger partial charge >= 0.3 is 6.03 Å². The number of carbonyl (C=O) groups is 1. The zero-order chi connectivity index (χ0) is 13.9. The molecule has 1 aliphatic rings. The van der Waals surface area contributed by atoms with Crippen molar-refractivity contribution in [3.05, 3.63) is 36.0 Å². The van der Waals surface area contributed by atoms with E-state index in [1.807, 2.05) is 0 Å². The second kappa shape index (κ2) is 5.28. The van der Waals surface area contributed by atoms with Gasteiger partial charge in [-0.2, -0.15) is 4.98 Å². The molecule has 1 heterocycles. The highest BCUT2D eigenvalue weighted by Crippen LogP contribution is 2.18. The van der Waals surface area contributed by atoms with Gasteiger partial charge in [0.25, 0.3) is 0 Å². The molecule has 6 nitrogen and oxygen atoms in total. The summed E-state index contributed by atoms with van der Waals surface area (Å²) in [6.45, 7) is 0.159. The van der Waals surface area contributed by atoms with E-state index in [4.69, 9.17) is 4.52 Å². The van der Waals surface area contributed by atoms with Crippen molar-refractivity contribution in [2.75, 3.05) is 0 Å². The fourth-order valence-electron chi connectivity index (χ4n) is 1.66. The van der Waals surface area contributed by atoms with E-state index in [-0.39, 0.29) is 18.4 Å². The molecule has 104 valence electrons. The fraction of sp³-hybridized carbons (Fsp3) is 0.308. The topological polar surface area (TPSA) is 80.1 Å². The van der Waals surface area contributed by atoms with Crippen molar-refractivity contribution >= 4 is 6.03 Å². The van der Waals surface area contributed by atoms with Gasteiger partial charge in [-0.25, -0.2) is 9.18 Å². The Hall–Kier alpha value is -2.44. The van der Waals surface area contributed by atoms with E-state index in [1.165, 1.54) is 12.1 Å². The third kappa shape index (κ3) is 3.11. The number of carbonyl (C=O) groups excluding carboxylic acids is 1. The lowest BCUT2D eigenvalue weighted by atomic mass is 10.2. The Kier molecular flexibility index (Phi) is 3.32. The average Bonchev–Trinajstić information content (AvgIpc) is 3.12. The molecule has 2 aromatic rings. The minimum atomic E-state index is -0.323. The van der Waals surface area contributed by atoms with Gasteiger partial charge < -0.3 is 15.2 Å². The summed E-state index contributed by atoms with van der Waals surface area (Å²) in [4.78, 5) is 15.6. The number of amides is 2. The van der Waals surface area contributed by atoms with Gasteiger partial charge in [-0.15, -0.1) is 0 Å². The molecule has 20 heavy (non-hydrogen) atoms. The fourth-order valence-corrected chi connectivity index (χ4v) is 1.66. The molecule has 1 aliphatic carbocycles. The number of hydrogen-bond acceptors (Lipinski definition) is 4. The number of nitrogens with zero attached hydrogens (tertiary/aromatic N) is 2. The zero-order valence-electron chi connectivity index (χ0n) is 10.6. The summed E-state index contributed by atoms with van der Waals surface area (Å²) in [7, 11) is 0. The van der Waals surface area contributed by atoms with Crippen LogP contribution in [0.2, 0.25) is 0 Å². The van der Waals surface area contributed by atoms with Crippen LogP contribution in [0.5, 0.6) is 0 Å². The molecule has 0 radical (unpaired) electrons. The molecule has 0 saturated heterocycles. The van der Waals surface area contributed by atoms with Crippen molar-refractivity contribution in [3.63, 3.8) is 0 Å². The Morgan fingerprint density at radius 1 is 1.35 bits per heavy atom. The molecule has 3 rings (SSSR count). The second-order valence-electron chi connectivity index (χ2n) is 4.62. The average molecular weight is 276 g/mol. The van der Waals surface area contributed by atoms with Crippen molar-refractivity contribution in [1.29, 1.82) is 0 Å². The van der Waals surface area contributed by atoms with Crippen LogP contribution in [0.3, 0.4) is 0 Å². The SMILES string of the molecule is O=C(NCc1nc(-c2ccc(F)cc2)no1)NC1CC1. The normalized spacial score (nSPS) is 14.1. The highest BCUT2D eigenvalue weighted by atomic mass is 19.1. The summed E-state index contributed by atoms with van der Waals surface area (Å²) in [5, 5.41) is 9.21. The first-order valence-corrected chi connectivity index (χ1v) is 6.33. The minimum Gasteiger partial charge on any atom is -0.337 e. The van der Waals surface area contributed by atoms with E-state index in [1.54, 1.807) is 12.1 Å². The second-order valence-corrected chi connectivity index (χ2v) is 4.62. The van der Waals surface area contributed by atoms with Crippen molar-refractivity contribution in [2.45, 2.75) is 25.4 Å². The quantitative estimate of drug-likeness (QED) is 0.893. The number of urea groups is 1. The maximum absolute atomic E-state index is 12.8. The molecule has 2 amide bonds. The summed E-state index contributed by atoms with van der Waals surface area (Å²) >= 11 is 0. The molecule has 0 aliphatic heterocycles. The van der Waals surface area contributed by atoms with Crippen LogP contribution in [-0.4, -0.2) is 22.2 Å². The molecule has 0 spiro atoms. The molecule has 1 aromatic carbocycles. The van der Waals surface area contributed by atoms with Gasteiger partial charge in [0.2, 0.25) is 11.7 Å². The van der Waals surface area contributed by atoms with Gasteiger partial charge in [-0.05, 0) is 37.1 Å². The first-order valence-electron chi connectivity index (χ1n) is 6.33. The Bertz CT molecular complexity index is 607. The molecular weight excluding hydrogens is 263 g/mol. The number of halogens is 1. The van der Waals surface area contributed by atoms with Crippen LogP contribution in [-0.2, 0) is 6.54 Å². The monoisotopic (exact) mass is 276 g/mol. The summed E-state index contributed by atoms with van der Waals surface area (Å²) in [5.74, 6) is 0.343. The predicted molar refractivity (Wildman–Crippen MR) is 68.1 cm³/mol. The smallest absolute Gasteiger partial charge is 0.315 e. The number of rotatable bonds is 4.